The number of carbonyl (C=O) groups excluding carboxylic acids is 4. The molecule has 4 aliphatic heterocycles. The van der Waals surface area contributed by atoms with E-state index in [4.69, 9.17) is 5.73 Å². The van der Waals surface area contributed by atoms with Crippen LogP contribution >= 0.6 is 0 Å². The third-order valence-corrected chi connectivity index (χ3v) is 13.3. The lowest BCUT2D eigenvalue weighted by atomic mass is 9.71. The second kappa shape index (κ2) is 17.0. The van der Waals surface area contributed by atoms with Gasteiger partial charge in [-0.1, -0.05) is 72.8 Å². The van der Waals surface area contributed by atoms with E-state index in [0.717, 1.165) is 79.9 Å². The van der Waals surface area contributed by atoms with Gasteiger partial charge < -0.3 is 20.4 Å². The fourth-order valence-electron chi connectivity index (χ4n) is 9.58. The van der Waals surface area contributed by atoms with E-state index in [1.165, 1.54) is 37.9 Å². The molecular formula is C47H54N6O4. The summed E-state index contributed by atoms with van der Waals surface area (Å²) in [6.45, 7) is 7.27. The van der Waals surface area contributed by atoms with Gasteiger partial charge in [0.25, 0.3) is 0 Å². The standard InChI is InChI=1S/C47H54N6O4/c48-45(56)44(37-4-2-1-3-5-37)41-16-12-38(31-49-41)35-8-6-33(7-9-35)30-43(55)53-28-22-47(23-29-53)20-26-51(27-21-47)32-34-18-24-52(25-19-34)39-13-10-36(11-14-39)40-15-17-42(54)50-46(40)57/h1-14,16,31,34,40,44H,15,17-30,32H2,(H2,48,56)(H,50,54,57). The smallest absolute Gasteiger partial charge is 0.234 e. The molecule has 1 spiro atoms. The Hall–Kier alpha value is -5.35. The molecule has 296 valence electrons. The third-order valence-electron chi connectivity index (χ3n) is 13.3. The number of benzene rings is 3. The predicted molar refractivity (Wildman–Crippen MR) is 221 cm³/mol. The maximum Gasteiger partial charge on any atom is 0.234 e. The van der Waals surface area contributed by atoms with Crippen molar-refractivity contribution in [2.75, 3.05) is 50.7 Å². The highest BCUT2D eigenvalue weighted by Gasteiger charge is 2.39. The van der Waals surface area contributed by atoms with Gasteiger partial charge in [-0.05, 0) is 110 Å². The van der Waals surface area contributed by atoms with Gasteiger partial charge in [-0.25, -0.2) is 0 Å². The first-order valence-corrected chi connectivity index (χ1v) is 20.8. The van der Waals surface area contributed by atoms with Gasteiger partial charge in [0, 0.05) is 56.6 Å². The molecule has 1 aromatic heterocycles. The minimum Gasteiger partial charge on any atom is -0.372 e. The van der Waals surface area contributed by atoms with Crippen LogP contribution in [0.4, 0.5) is 5.69 Å². The number of anilines is 1. The van der Waals surface area contributed by atoms with Gasteiger partial charge in [-0.2, -0.15) is 0 Å². The fraction of sp³-hybridized carbons (Fsp3) is 0.426. The number of primary amides is 1. The molecular weight excluding hydrogens is 713 g/mol. The number of imide groups is 1. The van der Waals surface area contributed by atoms with Gasteiger partial charge >= 0.3 is 0 Å². The first kappa shape index (κ1) is 38.5. The Morgan fingerprint density at radius 1 is 0.772 bits per heavy atom. The summed E-state index contributed by atoms with van der Waals surface area (Å²) in [7, 11) is 0. The SMILES string of the molecule is NC(=O)C(c1ccccc1)c1ccc(-c2ccc(CC(=O)N3CCC4(CCN(CC5CCN(c6ccc(C7CCC(=O)NC7=O)cc6)CC5)CC4)CC3)cc2)cn1. The van der Waals surface area contributed by atoms with Crippen molar-refractivity contribution in [3.63, 3.8) is 0 Å². The van der Waals surface area contributed by atoms with Gasteiger partial charge in [0.15, 0.2) is 0 Å². The van der Waals surface area contributed by atoms with Crippen molar-refractivity contribution in [2.24, 2.45) is 17.1 Å². The van der Waals surface area contributed by atoms with Gasteiger partial charge in [0.05, 0.1) is 18.0 Å². The molecule has 0 radical (unpaired) electrons. The van der Waals surface area contributed by atoms with E-state index < -0.39 is 11.8 Å². The van der Waals surface area contributed by atoms with E-state index in [2.05, 4.69) is 49.3 Å². The van der Waals surface area contributed by atoms with Crippen LogP contribution in [0.2, 0.25) is 0 Å². The van der Waals surface area contributed by atoms with Crippen molar-refractivity contribution < 1.29 is 19.2 Å². The second-order valence-corrected chi connectivity index (χ2v) is 16.8. The average molecular weight is 767 g/mol. The quantitative estimate of drug-likeness (QED) is 0.188. The van der Waals surface area contributed by atoms with E-state index in [9.17, 15) is 19.2 Å². The topological polar surface area (TPSA) is 129 Å². The summed E-state index contributed by atoms with van der Waals surface area (Å²) in [5.74, 6) is -0.701. The Balaban J connectivity index is 0.752. The normalized spacial score (nSPS) is 20.9. The molecule has 3 aromatic carbocycles. The Morgan fingerprint density at radius 3 is 2.07 bits per heavy atom. The van der Waals surface area contributed by atoms with E-state index in [1.54, 1.807) is 6.20 Å². The molecule has 4 saturated heterocycles. The zero-order valence-electron chi connectivity index (χ0n) is 32.8. The van der Waals surface area contributed by atoms with Gasteiger partial charge in [-0.3, -0.25) is 29.5 Å². The molecule has 0 saturated carbocycles. The van der Waals surface area contributed by atoms with E-state index >= 15 is 0 Å². The second-order valence-electron chi connectivity index (χ2n) is 16.8. The van der Waals surface area contributed by atoms with Crippen molar-refractivity contribution in [3.05, 3.63) is 120 Å². The number of nitrogens with two attached hydrogens (primary N) is 1. The number of amides is 4. The zero-order valence-corrected chi connectivity index (χ0v) is 32.8. The molecule has 8 rings (SSSR count). The minimum atomic E-state index is -0.597. The van der Waals surface area contributed by atoms with Crippen molar-refractivity contribution >= 4 is 29.3 Å². The summed E-state index contributed by atoms with van der Waals surface area (Å²) in [6.07, 6.45) is 10.2. The maximum absolute atomic E-state index is 13.4. The van der Waals surface area contributed by atoms with Crippen LogP contribution in [-0.4, -0.2) is 84.2 Å². The molecule has 4 aromatic rings. The predicted octanol–water partition coefficient (Wildman–Crippen LogP) is 6.05. The molecule has 10 nitrogen and oxygen atoms in total. The van der Waals surface area contributed by atoms with Crippen LogP contribution in [0.25, 0.3) is 11.1 Å². The lowest BCUT2D eigenvalue weighted by Gasteiger charge is -2.47. The van der Waals surface area contributed by atoms with Crippen molar-refractivity contribution in [2.45, 2.75) is 69.6 Å². The monoisotopic (exact) mass is 766 g/mol. The van der Waals surface area contributed by atoms with Crippen LogP contribution in [0.5, 0.6) is 0 Å². The van der Waals surface area contributed by atoms with Crippen LogP contribution in [-0.2, 0) is 25.6 Å². The molecule has 4 aliphatic rings. The van der Waals surface area contributed by atoms with Crippen molar-refractivity contribution in [1.82, 2.24) is 20.1 Å². The molecule has 0 aliphatic carbocycles. The molecule has 10 heteroatoms. The number of aromatic nitrogens is 1. The van der Waals surface area contributed by atoms with Gasteiger partial charge in [-0.15, -0.1) is 0 Å². The number of hydrogen-bond donors (Lipinski definition) is 2. The van der Waals surface area contributed by atoms with Crippen LogP contribution in [0, 0.1) is 11.3 Å². The molecule has 5 heterocycles. The molecule has 3 N–H and O–H groups in total. The van der Waals surface area contributed by atoms with Crippen LogP contribution < -0.4 is 16.0 Å². The van der Waals surface area contributed by atoms with Crippen molar-refractivity contribution in [3.8, 4) is 11.1 Å². The molecule has 4 amide bonds. The first-order valence-electron chi connectivity index (χ1n) is 20.8. The van der Waals surface area contributed by atoms with E-state index in [0.29, 0.717) is 36.3 Å². The molecule has 0 bridgehead atoms. The first-order chi connectivity index (χ1) is 27.7. The number of rotatable bonds is 10. The summed E-state index contributed by atoms with van der Waals surface area (Å²) in [6, 6.07) is 29.8. The Labute approximate surface area is 335 Å². The lowest BCUT2D eigenvalue weighted by Crippen LogP contribution is -2.49. The lowest BCUT2D eigenvalue weighted by molar-refractivity contribution is -0.135. The number of nitrogens with zero attached hydrogens (tertiary/aromatic N) is 4. The highest BCUT2D eigenvalue weighted by molar-refractivity contribution is 6.01. The van der Waals surface area contributed by atoms with Gasteiger partial charge in [0.1, 0.15) is 5.92 Å². The highest BCUT2D eigenvalue weighted by Crippen LogP contribution is 2.42. The van der Waals surface area contributed by atoms with E-state index in [-0.39, 0.29) is 23.6 Å². The molecule has 4 fully saturated rings. The minimum absolute atomic E-state index is 0.174. The van der Waals surface area contributed by atoms with Crippen LogP contribution in [0.3, 0.4) is 0 Å². The number of piperidine rings is 4. The average Bonchev–Trinajstić information content (AvgIpc) is 3.23. The largest absolute Gasteiger partial charge is 0.372 e. The van der Waals surface area contributed by atoms with Crippen LogP contribution in [0.1, 0.15) is 85.6 Å². The van der Waals surface area contributed by atoms with Gasteiger partial charge in [0.2, 0.25) is 23.6 Å². The number of pyridine rings is 1. The summed E-state index contributed by atoms with van der Waals surface area (Å²) in [4.78, 5) is 61.3. The molecule has 2 unspecified atom stereocenters. The number of likely N-dealkylation sites (tertiary alicyclic amines) is 2. The van der Waals surface area contributed by atoms with E-state index in [1.807, 2.05) is 66.7 Å². The zero-order chi connectivity index (χ0) is 39.4. The Kier molecular flexibility index (Phi) is 11.5. The highest BCUT2D eigenvalue weighted by atomic mass is 16.2. The number of carbonyl (C=O) groups is 4. The maximum atomic E-state index is 13.4. The Bertz CT molecular complexity index is 2030. The summed E-state index contributed by atoms with van der Waals surface area (Å²) in [5.41, 5.74) is 12.7. The Morgan fingerprint density at radius 2 is 1.44 bits per heavy atom. The molecule has 2 atom stereocenters. The summed E-state index contributed by atoms with van der Waals surface area (Å²) in [5, 5.41) is 2.47. The number of hydrogen-bond acceptors (Lipinski definition) is 7. The summed E-state index contributed by atoms with van der Waals surface area (Å²) >= 11 is 0. The third kappa shape index (κ3) is 8.96. The van der Waals surface area contributed by atoms with Crippen molar-refractivity contribution in [1.29, 1.82) is 0 Å². The fourth-order valence-corrected chi connectivity index (χ4v) is 9.58. The van der Waals surface area contributed by atoms with Crippen LogP contribution in [0.15, 0.2) is 97.2 Å². The molecule has 57 heavy (non-hydrogen) atoms. The summed E-state index contributed by atoms with van der Waals surface area (Å²) < 4.78 is 0. The number of nitrogens with one attached hydrogen (secondary N) is 1.